The van der Waals surface area contributed by atoms with Crippen molar-refractivity contribution in [2.24, 2.45) is 0 Å². The Hall–Kier alpha value is -1.30. The summed E-state index contributed by atoms with van der Waals surface area (Å²) in [6.07, 6.45) is 1.07. The Morgan fingerprint density at radius 1 is 1.36 bits per heavy atom. The van der Waals surface area contributed by atoms with Crippen LogP contribution in [0.4, 0.5) is 0 Å². The summed E-state index contributed by atoms with van der Waals surface area (Å²) in [5.41, 5.74) is 3.75. The van der Waals surface area contributed by atoms with Crippen LogP contribution in [0.2, 0.25) is 0 Å². The molecule has 2 rings (SSSR count). The number of fused-ring (bicyclic) bond motifs is 1. The second-order valence-corrected chi connectivity index (χ2v) is 3.37. The SMILES string of the molecule is OCC#Cc1ccc2c(c1)CCNC2. The van der Waals surface area contributed by atoms with Gasteiger partial charge in [0.1, 0.15) is 6.61 Å². The summed E-state index contributed by atoms with van der Waals surface area (Å²) in [4.78, 5) is 0. The molecule has 0 aliphatic carbocycles. The average molecular weight is 187 g/mol. The normalized spacial score (nSPS) is 14.1. The van der Waals surface area contributed by atoms with Crippen molar-refractivity contribution < 1.29 is 5.11 Å². The van der Waals surface area contributed by atoms with E-state index in [9.17, 15) is 0 Å². The summed E-state index contributed by atoms with van der Waals surface area (Å²) < 4.78 is 0. The van der Waals surface area contributed by atoms with Crippen LogP contribution in [0, 0.1) is 11.8 Å². The maximum absolute atomic E-state index is 8.58. The molecule has 0 saturated heterocycles. The van der Waals surface area contributed by atoms with Crippen LogP contribution in [-0.4, -0.2) is 18.3 Å². The number of aliphatic hydroxyl groups is 1. The summed E-state index contributed by atoms with van der Waals surface area (Å²) in [5.74, 6) is 5.59. The number of rotatable bonds is 0. The van der Waals surface area contributed by atoms with Crippen LogP contribution in [0.15, 0.2) is 18.2 Å². The van der Waals surface area contributed by atoms with Crippen LogP contribution in [-0.2, 0) is 13.0 Å². The largest absolute Gasteiger partial charge is 0.384 e. The van der Waals surface area contributed by atoms with Gasteiger partial charge in [-0.2, -0.15) is 0 Å². The molecule has 0 fully saturated rings. The predicted molar refractivity (Wildman–Crippen MR) is 55.8 cm³/mol. The van der Waals surface area contributed by atoms with Gasteiger partial charge in [-0.15, -0.1) is 0 Å². The molecule has 1 aliphatic rings. The highest BCUT2D eigenvalue weighted by Gasteiger charge is 2.07. The summed E-state index contributed by atoms with van der Waals surface area (Å²) in [6.45, 7) is 1.94. The fourth-order valence-corrected chi connectivity index (χ4v) is 1.70. The zero-order valence-corrected chi connectivity index (χ0v) is 8.01. The average Bonchev–Trinajstić information content (AvgIpc) is 2.26. The molecule has 72 valence electrons. The van der Waals surface area contributed by atoms with Crippen molar-refractivity contribution >= 4 is 0 Å². The number of benzene rings is 1. The Balaban J connectivity index is 2.29. The standard InChI is InChI=1S/C12H13NO/c14-7-1-2-10-3-4-12-9-13-6-5-11(12)8-10/h3-4,8,13-14H,5-7,9H2. The van der Waals surface area contributed by atoms with Crippen molar-refractivity contribution in [2.75, 3.05) is 13.2 Å². The minimum atomic E-state index is -0.0708. The van der Waals surface area contributed by atoms with Crippen molar-refractivity contribution in [1.29, 1.82) is 0 Å². The minimum absolute atomic E-state index is 0.0708. The Bertz CT molecular complexity index is 387. The molecule has 1 aromatic carbocycles. The Labute approximate surface area is 84.0 Å². The van der Waals surface area contributed by atoms with Gasteiger partial charge in [0.2, 0.25) is 0 Å². The molecule has 2 N–H and O–H groups in total. The quantitative estimate of drug-likeness (QED) is 0.585. The fraction of sp³-hybridized carbons (Fsp3) is 0.333. The first-order valence-corrected chi connectivity index (χ1v) is 4.82. The zero-order valence-electron chi connectivity index (χ0n) is 8.01. The molecule has 0 saturated carbocycles. The van der Waals surface area contributed by atoms with Crippen LogP contribution in [0.25, 0.3) is 0 Å². The van der Waals surface area contributed by atoms with Gasteiger partial charge in [0, 0.05) is 12.1 Å². The van der Waals surface area contributed by atoms with E-state index < -0.39 is 0 Å². The third kappa shape index (κ3) is 1.95. The van der Waals surface area contributed by atoms with Gasteiger partial charge in [0.25, 0.3) is 0 Å². The van der Waals surface area contributed by atoms with Crippen LogP contribution in [0.3, 0.4) is 0 Å². The van der Waals surface area contributed by atoms with E-state index in [1.807, 2.05) is 6.07 Å². The lowest BCUT2D eigenvalue weighted by Crippen LogP contribution is -2.23. The van der Waals surface area contributed by atoms with Gasteiger partial charge in [0.05, 0.1) is 0 Å². The molecule has 0 spiro atoms. The number of hydrogen-bond acceptors (Lipinski definition) is 2. The molecule has 0 aromatic heterocycles. The summed E-state index contributed by atoms with van der Waals surface area (Å²) in [6, 6.07) is 6.25. The van der Waals surface area contributed by atoms with Crippen molar-refractivity contribution in [3.63, 3.8) is 0 Å². The van der Waals surface area contributed by atoms with Crippen LogP contribution in [0.5, 0.6) is 0 Å². The molecule has 0 bridgehead atoms. The summed E-state index contributed by atoms with van der Waals surface area (Å²) in [5, 5.41) is 11.9. The van der Waals surface area contributed by atoms with Crippen molar-refractivity contribution in [3.05, 3.63) is 34.9 Å². The highest BCUT2D eigenvalue weighted by Crippen LogP contribution is 2.15. The Kier molecular flexibility index (Phi) is 2.83. The fourth-order valence-electron chi connectivity index (χ4n) is 1.70. The number of hydrogen-bond donors (Lipinski definition) is 2. The lowest BCUT2D eigenvalue weighted by Gasteiger charge is -2.16. The third-order valence-corrected chi connectivity index (χ3v) is 2.40. The van der Waals surface area contributed by atoms with Gasteiger partial charge in [-0.3, -0.25) is 0 Å². The van der Waals surface area contributed by atoms with Gasteiger partial charge in [0.15, 0.2) is 0 Å². The first kappa shape index (κ1) is 9.26. The van der Waals surface area contributed by atoms with E-state index in [0.29, 0.717) is 0 Å². The van der Waals surface area contributed by atoms with Gasteiger partial charge in [-0.25, -0.2) is 0 Å². The molecule has 0 amide bonds. The molecule has 1 aromatic rings. The monoisotopic (exact) mass is 187 g/mol. The smallest absolute Gasteiger partial charge is 0.104 e. The number of aliphatic hydroxyl groups excluding tert-OH is 1. The summed E-state index contributed by atoms with van der Waals surface area (Å²) >= 11 is 0. The van der Waals surface area contributed by atoms with Crippen molar-refractivity contribution in [1.82, 2.24) is 5.32 Å². The molecular weight excluding hydrogens is 174 g/mol. The van der Waals surface area contributed by atoms with Gasteiger partial charge in [-0.05, 0) is 36.2 Å². The van der Waals surface area contributed by atoms with E-state index in [2.05, 4.69) is 29.3 Å². The highest BCUT2D eigenvalue weighted by atomic mass is 16.2. The topological polar surface area (TPSA) is 32.3 Å². The molecule has 0 unspecified atom stereocenters. The highest BCUT2D eigenvalue weighted by molar-refractivity contribution is 5.41. The van der Waals surface area contributed by atoms with Crippen molar-refractivity contribution in [2.45, 2.75) is 13.0 Å². The molecule has 2 heteroatoms. The molecule has 2 nitrogen and oxygen atoms in total. The van der Waals surface area contributed by atoms with E-state index in [0.717, 1.165) is 25.1 Å². The maximum Gasteiger partial charge on any atom is 0.104 e. The Morgan fingerprint density at radius 3 is 3.14 bits per heavy atom. The summed E-state index contributed by atoms with van der Waals surface area (Å²) in [7, 11) is 0. The van der Waals surface area contributed by atoms with E-state index in [1.54, 1.807) is 0 Å². The second kappa shape index (κ2) is 4.28. The van der Waals surface area contributed by atoms with Gasteiger partial charge < -0.3 is 10.4 Å². The van der Waals surface area contributed by atoms with Crippen molar-refractivity contribution in [3.8, 4) is 11.8 Å². The zero-order chi connectivity index (χ0) is 9.80. The van der Waals surface area contributed by atoms with E-state index in [1.165, 1.54) is 11.1 Å². The molecule has 1 aliphatic heterocycles. The van der Waals surface area contributed by atoms with Crippen LogP contribution < -0.4 is 5.32 Å². The minimum Gasteiger partial charge on any atom is -0.384 e. The molecule has 1 heterocycles. The molecule has 0 radical (unpaired) electrons. The lowest BCUT2D eigenvalue weighted by atomic mass is 9.99. The van der Waals surface area contributed by atoms with Crippen LogP contribution in [0.1, 0.15) is 16.7 Å². The lowest BCUT2D eigenvalue weighted by molar-refractivity contribution is 0.350. The first-order chi connectivity index (χ1) is 6.90. The second-order valence-electron chi connectivity index (χ2n) is 3.37. The first-order valence-electron chi connectivity index (χ1n) is 4.82. The molecule has 14 heavy (non-hydrogen) atoms. The van der Waals surface area contributed by atoms with Gasteiger partial charge in [-0.1, -0.05) is 17.9 Å². The van der Waals surface area contributed by atoms with Crippen LogP contribution >= 0.6 is 0 Å². The maximum atomic E-state index is 8.58. The number of nitrogens with one attached hydrogen (secondary N) is 1. The predicted octanol–water partition coefficient (Wildman–Crippen LogP) is 0.676. The van der Waals surface area contributed by atoms with E-state index in [-0.39, 0.29) is 6.61 Å². The van der Waals surface area contributed by atoms with E-state index >= 15 is 0 Å². The molecule has 0 atom stereocenters. The molecular formula is C12H13NO. The third-order valence-electron chi connectivity index (χ3n) is 2.40. The Morgan fingerprint density at radius 2 is 2.29 bits per heavy atom. The van der Waals surface area contributed by atoms with Gasteiger partial charge >= 0.3 is 0 Å². The van der Waals surface area contributed by atoms with E-state index in [4.69, 9.17) is 5.11 Å².